The van der Waals surface area contributed by atoms with E-state index in [2.05, 4.69) is 0 Å². The molecule has 0 heterocycles. The van der Waals surface area contributed by atoms with Gasteiger partial charge < -0.3 is 11.6 Å². The van der Waals surface area contributed by atoms with E-state index in [0.29, 0.717) is 6.42 Å². The van der Waals surface area contributed by atoms with Gasteiger partial charge in [-0.3, -0.25) is 0 Å². The van der Waals surface area contributed by atoms with E-state index in [4.69, 9.17) is 10.2 Å². The largest absolute Gasteiger partial charge is 1.00 e. The van der Waals surface area contributed by atoms with Crippen LogP contribution in [0.15, 0.2) is 30.3 Å². The Labute approximate surface area is 107 Å². The summed E-state index contributed by atoms with van der Waals surface area (Å²) in [5.41, 5.74) is 1.04. The van der Waals surface area contributed by atoms with Crippen molar-refractivity contribution in [2.75, 3.05) is 0 Å². The van der Waals surface area contributed by atoms with Crippen LogP contribution in [-0.4, -0.2) is 22.3 Å². The Bertz CT molecular complexity index is 279. The van der Waals surface area contributed by atoms with Crippen molar-refractivity contribution in [3.63, 3.8) is 0 Å². The van der Waals surface area contributed by atoms with Gasteiger partial charge in [0.1, 0.15) is 0 Å². The van der Waals surface area contributed by atoms with Crippen LogP contribution in [0.3, 0.4) is 0 Å². The van der Waals surface area contributed by atoms with Crippen LogP contribution < -0.4 is 29.6 Å². The maximum absolute atomic E-state index is 10.3. The first kappa shape index (κ1) is 13.7. The van der Waals surface area contributed by atoms with Crippen LogP contribution in [0.1, 0.15) is 13.4 Å². The zero-order valence-corrected chi connectivity index (χ0v) is 10.2. The average molecular weight is 204 g/mol. The van der Waals surface area contributed by atoms with Gasteiger partial charge in [0.25, 0.3) is 0 Å². The maximum Gasteiger partial charge on any atom is 1.00 e. The van der Waals surface area contributed by atoms with Crippen LogP contribution in [0.4, 0.5) is 0 Å². The zero-order valence-electron chi connectivity index (χ0n) is 9.18. The molecule has 4 heteroatoms. The van der Waals surface area contributed by atoms with E-state index < -0.39 is 12.1 Å². The monoisotopic (exact) mass is 204 g/mol. The molecule has 0 radical (unpaired) electrons. The first-order valence-electron chi connectivity index (χ1n) is 4.15. The average Bonchev–Trinajstić information content (AvgIpc) is 2.15. The van der Waals surface area contributed by atoms with Gasteiger partial charge in [-0.15, -0.1) is 0 Å². The van der Waals surface area contributed by atoms with Crippen LogP contribution in [0.25, 0.3) is 0 Å². The zero-order chi connectivity index (χ0) is 9.68. The second-order valence-corrected chi connectivity index (χ2v) is 2.88. The second-order valence-electron chi connectivity index (χ2n) is 2.88. The third kappa shape index (κ3) is 4.77. The van der Waals surface area contributed by atoms with E-state index in [1.165, 1.54) is 0 Å². The first-order valence-corrected chi connectivity index (χ1v) is 4.15. The molecule has 0 bridgehead atoms. The van der Waals surface area contributed by atoms with E-state index in [-0.39, 0.29) is 37.4 Å². The van der Waals surface area contributed by atoms with Gasteiger partial charge >= 0.3 is 35.5 Å². The Morgan fingerprint density at radius 3 is 2.43 bits per heavy atom. The van der Waals surface area contributed by atoms with Crippen molar-refractivity contribution >= 4 is 5.97 Å². The summed E-state index contributed by atoms with van der Waals surface area (Å²) in [4.78, 5) is 10.3. The summed E-state index contributed by atoms with van der Waals surface area (Å²) in [6, 6.07) is 9.51. The molecule has 0 saturated carbocycles. The molecule has 0 amide bonds. The number of carboxylic acid groups (broad SMARTS) is 1. The van der Waals surface area contributed by atoms with Crippen LogP contribution >= 0.6 is 0 Å². The predicted molar refractivity (Wildman–Crippen MR) is 49.5 cm³/mol. The van der Waals surface area contributed by atoms with Crippen LogP contribution in [0.2, 0.25) is 0 Å². The molecule has 0 aliphatic heterocycles. The molecule has 0 aliphatic rings. The minimum Gasteiger partial charge on any atom is -1.00 e. The molecule has 2 N–H and O–H groups in total. The Balaban J connectivity index is 0. The summed E-state index contributed by atoms with van der Waals surface area (Å²) < 4.78 is 0. The SMILES string of the molecule is O=C(O)[C@H](O)CCc1ccccc1.[H-].[Na+]. The Morgan fingerprint density at radius 2 is 1.93 bits per heavy atom. The molecule has 0 unspecified atom stereocenters. The summed E-state index contributed by atoms with van der Waals surface area (Å²) in [5, 5.41) is 17.4. The van der Waals surface area contributed by atoms with E-state index in [0.717, 1.165) is 5.56 Å². The molecule has 1 rings (SSSR count). The third-order valence-electron chi connectivity index (χ3n) is 1.83. The fourth-order valence-corrected chi connectivity index (χ4v) is 1.07. The number of aryl methyl sites for hydroxylation is 1. The number of aliphatic carboxylic acids is 1. The minimum atomic E-state index is -1.25. The van der Waals surface area contributed by atoms with Gasteiger partial charge in [0.2, 0.25) is 0 Å². The number of carboxylic acids is 1. The van der Waals surface area contributed by atoms with Gasteiger partial charge in [-0.05, 0) is 18.4 Å². The smallest absolute Gasteiger partial charge is 1.00 e. The van der Waals surface area contributed by atoms with E-state index in [1.54, 1.807) is 0 Å². The molecule has 3 nitrogen and oxygen atoms in total. The van der Waals surface area contributed by atoms with Gasteiger partial charge in [0.05, 0.1) is 0 Å². The van der Waals surface area contributed by atoms with Crippen molar-refractivity contribution < 1.29 is 46.0 Å². The maximum atomic E-state index is 10.3. The molecule has 0 spiro atoms. The topological polar surface area (TPSA) is 57.5 Å². The minimum absolute atomic E-state index is 0. The Kier molecular flexibility index (Phi) is 6.83. The molecular formula is C10H13NaO3. The first-order chi connectivity index (χ1) is 6.20. The number of benzene rings is 1. The molecular weight excluding hydrogens is 191 g/mol. The van der Waals surface area contributed by atoms with Gasteiger partial charge in [-0.2, -0.15) is 0 Å². The van der Waals surface area contributed by atoms with E-state index in [9.17, 15) is 4.79 Å². The van der Waals surface area contributed by atoms with Gasteiger partial charge in [-0.25, -0.2) is 4.79 Å². The molecule has 0 aliphatic carbocycles. The molecule has 1 aromatic rings. The summed E-state index contributed by atoms with van der Waals surface area (Å²) in [7, 11) is 0. The van der Waals surface area contributed by atoms with Crippen LogP contribution in [0, 0.1) is 0 Å². The quantitative estimate of drug-likeness (QED) is 0.568. The van der Waals surface area contributed by atoms with E-state index in [1.807, 2.05) is 30.3 Å². The Hall–Kier alpha value is -0.350. The van der Waals surface area contributed by atoms with Crippen molar-refractivity contribution in [1.29, 1.82) is 0 Å². The molecule has 0 saturated heterocycles. The molecule has 1 aromatic carbocycles. The number of aliphatic hydroxyl groups excluding tert-OH is 1. The summed E-state index contributed by atoms with van der Waals surface area (Å²) in [6.45, 7) is 0. The molecule has 0 fully saturated rings. The van der Waals surface area contributed by atoms with Gasteiger partial charge in [0.15, 0.2) is 6.10 Å². The van der Waals surface area contributed by atoms with Crippen molar-refractivity contribution in [3.05, 3.63) is 35.9 Å². The van der Waals surface area contributed by atoms with E-state index >= 15 is 0 Å². The van der Waals surface area contributed by atoms with Gasteiger partial charge in [0, 0.05) is 0 Å². The summed E-state index contributed by atoms with van der Waals surface area (Å²) >= 11 is 0. The molecule has 72 valence electrons. The number of hydrogen-bond donors (Lipinski definition) is 2. The van der Waals surface area contributed by atoms with Gasteiger partial charge in [-0.1, -0.05) is 30.3 Å². The number of rotatable bonds is 4. The third-order valence-corrected chi connectivity index (χ3v) is 1.83. The molecule has 1 atom stereocenters. The second kappa shape index (κ2) is 7.01. The van der Waals surface area contributed by atoms with Crippen molar-refractivity contribution in [2.45, 2.75) is 18.9 Å². The van der Waals surface area contributed by atoms with Crippen molar-refractivity contribution in [3.8, 4) is 0 Å². The predicted octanol–water partition coefficient (Wildman–Crippen LogP) is -1.82. The molecule has 14 heavy (non-hydrogen) atoms. The number of hydrogen-bond acceptors (Lipinski definition) is 2. The standard InChI is InChI=1S/C10H12O3.Na.H/c11-9(10(12)13)7-6-8-4-2-1-3-5-8;;/h1-5,9,11H,6-7H2,(H,12,13);;/q;+1;-1/t9-;;/m1../s1. The number of carbonyl (C=O) groups is 1. The fourth-order valence-electron chi connectivity index (χ4n) is 1.07. The van der Waals surface area contributed by atoms with Crippen LogP contribution in [-0.2, 0) is 11.2 Å². The van der Waals surface area contributed by atoms with Crippen molar-refractivity contribution in [1.82, 2.24) is 0 Å². The summed E-state index contributed by atoms with van der Waals surface area (Å²) in [6.07, 6.45) is -0.395. The Morgan fingerprint density at radius 1 is 1.36 bits per heavy atom. The normalized spacial score (nSPS) is 11.5. The number of aliphatic hydroxyl groups is 1. The van der Waals surface area contributed by atoms with Crippen molar-refractivity contribution in [2.24, 2.45) is 0 Å². The van der Waals surface area contributed by atoms with Crippen LogP contribution in [0.5, 0.6) is 0 Å². The summed E-state index contributed by atoms with van der Waals surface area (Å²) in [5.74, 6) is -1.16. The fraction of sp³-hybridized carbons (Fsp3) is 0.300. The molecule has 0 aromatic heterocycles.